The first kappa shape index (κ1) is 24.9. The van der Waals surface area contributed by atoms with Crippen molar-refractivity contribution >= 4 is 5.97 Å². The minimum Gasteiger partial charge on any atom is -0.435 e. The van der Waals surface area contributed by atoms with Crippen molar-refractivity contribution in [3.63, 3.8) is 0 Å². The van der Waals surface area contributed by atoms with Crippen molar-refractivity contribution in [1.82, 2.24) is 0 Å². The van der Waals surface area contributed by atoms with Crippen molar-refractivity contribution in [2.45, 2.75) is 96.4 Å². The molecule has 0 aromatic rings. The fraction of sp³-hybridized carbons (Fsp3) is 0.783. The van der Waals surface area contributed by atoms with E-state index in [0.29, 0.717) is 6.42 Å². The van der Waals surface area contributed by atoms with Gasteiger partial charge in [-0.3, -0.25) is 4.79 Å². The fourth-order valence-corrected chi connectivity index (χ4v) is 3.95. The number of esters is 1. The maximum absolute atomic E-state index is 10.7. The van der Waals surface area contributed by atoms with Gasteiger partial charge in [0.15, 0.2) is 0 Å². The summed E-state index contributed by atoms with van der Waals surface area (Å²) in [4.78, 5) is 10.7. The monoisotopic (exact) mass is 396 g/mol. The van der Waals surface area contributed by atoms with Gasteiger partial charge in [-0.05, 0) is 37.7 Å². The molecule has 1 aliphatic rings. The summed E-state index contributed by atoms with van der Waals surface area (Å²) in [6.45, 7) is 3.57. The number of aliphatic hydroxyl groups is 2. The number of hydrogen-bond acceptors (Lipinski definition) is 5. The summed E-state index contributed by atoms with van der Waals surface area (Å²) >= 11 is 0. The van der Waals surface area contributed by atoms with E-state index in [1.165, 1.54) is 26.0 Å². The largest absolute Gasteiger partial charge is 0.435 e. The lowest BCUT2D eigenvalue weighted by Crippen LogP contribution is -2.21. The van der Waals surface area contributed by atoms with Crippen molar-refractivity contribution in [2.75, 3.05) is 7.11 Å². The Hall–Kier alpha value is -1.17. The molecule has 0 aromatic carbocycles. The quantitative estimate of drug-likeness (QED) is 0.195. The Balaban J connectivity index is 2.40. The zero-order chi connectivity index (χ0) is 20.8. The van der Waals surface area contributed by atoms with Crippen molar-refractivity contribution in [3.05, 3.63) is 24.5 Å². The van der Waals surface area contributed by atoms with Crippen molar-refractivity contribution < 1.29 is 24.5 Å². The predicted octanol–water partition coefficient (Wildman–Crippen LogP) is 4.52. The molecule has 1 rings (SSSR count). The molecule has 1 fully saturated rings. The highest BCUT2D eigenvalue weighted by Crippen LogP contribution is 2.37. The van der Waals surface area contributed by atoms with Crippen LogP contribution in [0.2, 0.25) is 0 Å². The highest BCUT2D eigenvalue weighted by molar-refractivity contribution is 5.66. The number of allylic oxidation sites excluding steroid dienone is 1. The van der Waals surface area contributed by atoms with Gasteiger partial charge in [0.25, 0.3) is 0 Å². The van der Waals surface area contributed by atoms with Gasteiger partial charge in [-0.2, -0.15) is 0 Å². The van der Waals surface area contributed by atoms with Crippen LogP contribution in [0.3, 0.4) is 0 Å². The summed E-state index contributed by atoms with van der Waals surface area (Å²) < 4.78 is 10.3. The van der Waals surface area contributed by atoms with E-state index in [1.54, 1.807) is 7.11 Å². The van der Waals surface area contributed by atoms with Gasteiger partial charge in [0, 0.05) is 26.4 Å². The first-order valence-corrected chi connectivity index (χ1v) is 10.9. The van der Waals surface area contributed by atoms with Gasteiger partial charge < -0.3 is 19.7 Å². The Kier molecular flexibility index (Phi) is 13.1. The van der Waals surface area contributed by atoms with Crippen LogP contribution in [0.5, 0.6) is 0 Å². The predicted molar refractivity (Wildman–Crippen MR) is 112 cm³/mol. The molecule has 1 aliphatic carbocycles. The molecule has 162 valence electrons. The van der Waals surface area contributed by atoms with Crippen LogP contribution in [0.4, 0.5) is 0 Å². The smallest absolute Gasteiger partial charge is 0.307 e. The fourth-order valence-electron chi connectivity index (χ4n) is 3.95. The van der Waals surface area contributed by atoms with Crippen molar-refractivity contribution in [3.8, 4) is 0 Å². The number of hydrogen-bond donors (Lipinski definition) is 2. The summed E-state index contributed by atoms with van der Waals surface area (Å²) in [6, 6.07) is 0. The molecule has 5 atom stereocenters. The molecular weight excluding hydrogens is 356 g/mol. The van der Waals surface area contributed by atoms with E-state index in [2.05, 4.69) is 19.1 Å². The van der Waals surface area contributed by atoms with Crippen LogP contribution in [-0.2, 0) is 14.3 Å². The van der Waals surface area contributed by atoms with Crippen molar-refractivity contribution in [2.24, 2.45) is 11.8 Å². The van der Waals surface area contributed by atoms with E-state index >= 15 is 0 Å². The molecule has 28 heavy (non-hydrogen) atoms. The topological polar surface area (TPSA) is 76.0 Å². The highest BCUT2D eigenvalue weighted by atomic mass is 16.5. The number of unbranched alkanes of at least 4 members (excludes halogenated alkanes) is 5. The third-order valence-corrected chi connectivity index (χ3v) is 5.60. The van der Waals surface area contributed by atoms with Crippen LogP contribution in [0.15, 0.2) is 24.5 Å². The number of aliphatic hydroxyl groups excluding tert-OH is 2. The molecule has 0 aromatic heterocycles. The molecule has 5 nitrogen and oxygen atoms in total. The summed E-state index contributed by atoms with van der Waals surface area (Å²) in [7, 11) is 1.73. The lowest BCUT2D eigenvalue weighted by atomic mass is 9.88. The number of ether oxygens (including phenoxy) is 2. The second-order valence-corrected chi connectivity index (χ2v) is 7.89. The summed E-state index contributed by atoms with van der Waals surface area (Å²) in [6.07, 6.45) is 16.5. The second-order valence-electron chi connectivity index (χ2n) is 7.89. The molecular formula is C23H40O5. The zero-order valence-electron chi connectivity index (χ0n) is 17.9. The van der Waals surface area contributed by atoms with E-state index in [-0.39, 0.29) is 23.9 Å². The minimum atomic E-state index is -0.476. The van der Waals surface area contributed by atoms with Crippen LogP contribution in [0, 0.1) is 11.8 Å². The number of methoxy groups -OCH3 is 1. The van der Waals surface area contributed by atoms with E-state index in [1.807, 2.05) is 6.08 Å². The second kappa shape index (κ2) is 14.8. The van der Waals surface area contributed by atoms with Crippen LogP contribution in [-0.4, -0.2) is 41.6 Å². The van der Waals surface area contributed by atoms with Gasteiger partial charge in [0.2, 0.25) is 0 Å². The Bertz CT molecular complexity index is 474. The molecule has 0 spiro atoms. The highest BCUT2D eigenvalue weighted by Gasteiger charge is 2.39. The summed E-state index contributed by atoms with van der Waals surface area (Å²) in [5, 5.41) is 20.7. The molecule has 0 aliphatic heterocycles. The maximum Gasteiger partial charge on any atom is 0.307 e. The third kappa shape index (κ3) is 9.85. The molecule has 0 saturated heterocycles. The van der Waals surface area contributed by atoms with Gasteiger partial charge in [-0.1, -0.05) is 51.2 Å². The lowest BCUT2D eigenvalue weighted by Gasteiger charge is -2.21. The Morgan fingerprint density at radius 2 is 1.93 bits per heavy atom. The number of carbonyl (C=O) groups excluding carboxylic acids is 1. The van der Waals surface area contributed by atoms with E-state index in [0.717, 1.165) is 44.9 Å². The van der Waals surface area contributed by atoms with E-state index in [4.69, 9.17) is 9.47 Å². The average Bonchev–Trinajstić information content (AvgIpc) is 2.93. The third-order valence-electron chi connectivity index (χ3n) is 5.60. The molecule has 1 saturated carbocycles. The molecule has 0 radical (unpaired) electrons. The normalized spacial score (nSPS) is 26.3. The Morgan fingerprint density at radius 3 is 2.61 bits per heavy atom. The van der Waals surface area contributed by atoms with Crippen molar-refractivity contribution in [1.29, 1.82) is 0 Å². The lowest BCUT2D eigenvalue weighted by molar-refractivity contribution is -0.135. The molecule has 5 unspecified atom stereocenters. The maximum atomic E-state index is 10.7. The standard InChI is InChI=1S/C23H40O5/c1-4-5-9-12-19(27-3)14-15-21-20(22(25)17-23(21)26)13-10-7-6-8-11-16-28-18(2)24/h11,14-16,19-23,25-26H,4-10,12-13,17H2,1-3H3/b15-14+,16-11?. The summed E-state index contributed by atoms with van der Waals surface area (Å²) in [5.41, 5.74) is 0. The number of carbonyl (C=O) groups is 1. The van der Waals surface area contributed by atoms with Gasteiger partial charge in [0.05, 0.1) is 24.6 Å². The van der Waals surface area contributed by atoms with E-state index in [9.17, 15) is 15.0 Å². The van der Waals surface area contributed by atoms with Crippen LogP contribution in [0.25, 0.3) is 0 Å². The molecule has 0 heterocycles. The van der Waals surface area contributed by atoms with Gasteiger partial charge in [-0.15, -0.1) is 0 Å². The first-order valence-electron chi connectivity index (χ1n) is 10.9. The van der Waals surface area contributed by atoms with Crippen LogP contribution in [0.1, 0.15) is 78.1 Å². The van der Waals surface area contributed by atoms with Gasteiger partial charge in [-0.25, -0.2) is 0 Å². The molecule has 2 N–H and O–H groups in total. The SMILES string of the molecule is CCCCCC(/C=C/C1C(O)CC(O)C1CCCCCC=COC(C)=O)OC. The van der Waals surface area contributed by atoms with Crippen LogP contribution < -0.4 is 0 Å². The Labute approximate surface area is 170 Å². The molecule has 0 bridgehead atoms. The molecule has 0 amide bonds. The molecule has 5 heteroatoms. The summed E-state index contributed by atoms with van der Waals surface area (Å²) in [5.74, 6) is -0.191. The average molecular weight is 397 g/mol. The Morgan fingerprint density at radius 1 is 1.14 bits per heavy atom. The van der Waals surface area contributed by atoms with Crippen LogP contribution >= 0.6 is 0 Å². The van der Waals surface area contributed by atoms with E-state index < -0.39 is 12.2 Å². The first-order chi connectivity index (χ1) is 13.5. The minimum absolute atomic E-state index is 0.00249. The zero-order valence-corrected chi connectivity index (χ0v) is 17.9. The van der Waals surface area contributed by atoms with Gasteiger partial charge in [0.1, 0.15) is 0 Å². The number of rotatable bonds is 14. The van der Waals surface area contributed by atoms with Gasteiger partial charge >= 0.3 is 5.97 Å².